The van der Waals surface area contributed by atoms with Crippen LogP contribution in [0.3, 0.4) is 0 Å². The lowest BCUT2D eigenvalue weighted by molar-refractivity contribution is -0.167. The summed E-state index contributed by atoms with van der Waals surface area (Å²) >= 11 is 0. The van der Waals surface area contributed by atoms with Crippen LogP contribution in [0.4, 0.5) is 0 Å². The number of hydrogen-bond acceptors (Lipinski definition) is 6. The van der Waals surface area contributed by atoms with E-state index in [0.29, 0.717) is 19.3 Å². The van der Waals surface area contributed by atoms with Gasteiger partial charge in [0.15, 0.2) is 6.10 Å². The van der Waals surface area contributed by atoms with E-state index in [-0.39, 0.29) is 31.1 Å². The van der Waals surface area contributed by atoms with E-state index in [4.69, 9.17) is 14.2 Å². The molecule has 0 saturated heterocycles. The highest BCUT2D eigenvalue weighted by Gasteiger charge is 2.19. The molecule has 0 amide bonds. The van der Waals surface area contributed by atoms with Gasteiger partial charge in [-0.25, -0.2) is 0 Å². The first-order valence-corrected chi connectivity index (χ1v) is 29.2. The lowest BCUT2D eigenvalue weighted by atomic mass is 10.0. The number of esters is 3. The van der Waals surface area contributed by atoms with Crippen LogP contribution in [0.1, 0.15) is 330 Å². The molecule has 6 nitrogen and oxygen atoms in total. The maximum atomic E-state index is 12.9. The molecule has 0 aliphatic carbocycles. The maximum absolute atomic E-state index is 12.9. The van der Waals surface area contributed by atoms with E-state index in [1.165, 1.54) is 218 Å². The average Bonchev–Trinajstić information content (AvgIpc) is 3.28. The molecule has 6 heteroatoms. The van der Waals surface area contributed by atoms with Gasteiger partial charge in [0.2, 0.25) is 0 Å². The fourth-order valence-corrected chi connectivity index (χ4v) is 9.05. The van der Waals surface area contributed by atoms with Crippen LogP contribution in [0.25, 0.3) is 0 Å². The third-order valence-corrected chi connectivity index (χ3v) is 13.5. The number of hydrogen-bond donors (Lipinski definition) is 0. The average molecular weight is 920 g/mol. The fourth-order valence-electron chi connectivity index (χ4n) is 9.05. The minimum atomic E-state index is -0.762. The molecule has 65 heavy (non-hydrogen) atoms. The predicted octanol–water partition coefficient (Wildman–Crippen LogP) is 19.3. The Kier molecular flexibility index (Phi) is 50.5. The van der Waals surface area contributed by atoms with E-state index in [9.17, 15) is 14.4 Å². The molecule has 0 heterocycles. The van der Waals surface area contributed by atoms with Gasteiger partial charge in [0, 0.05) is 19.3 Å². The molecule has 0 aromatic rings. The molecule has 0 N–H and O–H groups in total. The minimum absolute atomic E-state index is 0.0625. The summed E-state index contributed by atoms with van der Waals surface area (Å²) in [6.45, 7) is 11.4. The Morgan fingerprint density at radius 1 is 0.292 bits per heavy atom. The normalized spacial score (nSPS) is 12.0. The van der Waals surface area contributed by atoms with Gasteiger partial charge in [-0.2, -0.15) is 0 Å². The second-order valence-electron chi connectivity index (χ2n) is 21.2. The summed E-state index contributed by atoms with van der Waals surface area (Å²) in [7, 11) is 0. The number of unbranched alkanes of at least 4 members (excludes halogenated alkanes) is 38. The summed E-state index contributed by atoms with van der Waals surface area (Å²) in [4.78, 5) is 38.1. The molecule has 0 aromatic heterocycles. The van der Waals surface area contributed by atoms with Gasteiger partial charge in [-0.1, -0.05) is 291 Å². The van der Waals surface area contributed by atoms with Crippen LogP contribution in [0, 0.1) is 11.8 Å². The Hall–Kier alpha value is -1.59. The Labute approximate surface area is 406 Å². The molecular weight excluding hydrogens is 805 g/mol. The van der Waals surface area contributed by atoms with Crippen molar-refractivity contribution in [3.8, 4) is 0 Å². The number of carbonyl (C=O) groups is 3. The van der Waals surface area contributed by atoms with Gasteiger partial charge in [0.1, 0.15) is 13.2 Å². The summed E-state index contributed by atoms with van der Waals surface area (Å²) in [5.41, 5.74) is 0. The van der Waals surface area contributed by atoms with Gasteiger partial charge in [-0.05, 0) is 31.1 Å². The van der Waals surface area contributed by atoms with Crippen molar-refractivity contribution in [3.05, 3.63) is 0 Å². The van der Waals surface area contributed by atoms with E-state index in [1.54, 1.807) is 0 Å². The van der Waals surface area contributed by atoms with Crippen molar-refractivity contribution in [1.82, 2.24) is 0 Å². The number of ether oxygens (including phenoxy) is 3. The zero-order valence-electron chi connectivity index (χ0n) is 44.6. The van der Waals surface area contributed by atoms with Crippen LogP contribution in [-0.4, -0.2) is 37.2 Å². The Bertz CT molecular complexity index is 993. The van der Waals surface area contributed by atoms with E-state index in [1.807, 2.05) is 0 Å². The SMILES string of the molecule is CCCCCCCCCCCCCCCCC(=O)OC[C@H](COC(=O)CCCCCCCCCCCCCC(C)C)OC(=O)CCCCCCCCCCCCCCCCCCC(C)C. The minimum Gasteiger partial charge on any atom is -0.462 e. The molecule has 0 spiro atoms. The monoisotopic (exact) mass is 919 g/mol. The van der Waals surface area contributed by atoms with Crippen LogP contribution in [-0.2, 0) is 28.6 Å². The van der Waals surface area contributed by atoms with Crippen LogP contribution >= 0.6 is 0 Å². The Morgan fingerprint density at radius 2 is 0.508 bits per heavy atom. The first-order valence-electron chi connectivity index (χ1n) is 29.2. The summed E-state index contributed by atoms with van der Waals surface area (Å²) in [5.74, 6) is 0.840. The van der Waals surface area contributed by atoms with Crippen molar-refractivity contribution in [2.24, 2.45) is 11.8 Å². The third kappa shape index (κ3) is 53.2. The molecule has 0 rings (SSSR count). The highest BCUT2D eigenvalue weighted by Crippen LogP contribution is 2.18. The van der Waals surface area contributed by atoms with Crippen molar-refractivity contribution >= 4 is 17.9 Å². The lowest BCUT2D eigenvalue weighted by Crippen LogP contribution is -2.30. The van der Waals surface area contributed by atoms with Crippen molar-refractivity contribution < 1.29 is 28.6 Å². The van der Waals surface area contributed by atoms with Gasteiger partial charge in [0.05, 0.1) is 0 Å². The van der Waals surface area contributed by atoms with E-state index < -0.39 is 6.10 Å². The standard InChI is InChI=1S/C59H114O6/c1-6-7-8-9-10-11-12-13-19-24-29-34-39-44-49-57(60)63-52-56(53-64-58(61)50-45-40-35-30-26-21-23-28-33-38-43-48-55(4)5)65-59(62)51-46-41-36-31-25-20-17-15-14-16-18-22-27-32-37-42-47-54(2)3/h54-56H,6-53H2,1-5H3/t56-/m1/s1. The Morgan fingerprint density at radius 3 is 0.754 bits per heavy atom. The molecule has 0 bridgehead atoms. The smallest absolute Gasteiger partial charge is 0.306 e. The quantitative estimate of drug-likeness (QED) is 0.0344. The van der Waals surface area contributed by atoms with Crippen LogP contribution in [0.15, 0.2) is 0 Å². The summed E-state index contributed by atoms with van der Waals surface area (Å²) in [5, 5.41) is 0. The first-order chi connectivity index (χ1) is 31.7. The predicted molar refractivity (Wildman–Crippen MR) is 280 cm³/mol. The molecule has 0 aliphatic heterocycles. The fraction of sp³-hybridized carbons (Fsp3) is 0.949. The lowest BCUT2D eigenvalue weighted by Gasteiger charge is -2.18. The van der Waals surface area contributed by atoms with Gasteiger partial charge in [-0.15, -0.1) is 0 Å². The third-order valence-electron chi connectivity index (χ3n) is 13.5. The zero-order valence-corrected chi connectivity index (χ0v) is 44.6. The molecule has 0 unspecified atom stereocenters. The van der Waals surface area contributed by atoms with Crippen LogP contribution in [0.5, 0.6) is 0 Å². The Balaban J connectivity index is 4.29. The van der Waals surface area contributed by atoms with Crippen molar-refractivity contribution in [1.29, 1.82) is 0 Å². The number of carbonyl (C=O) groups excluding carboxylic acids is 3. The largest absolute Gasteiger partial charge is 0.462 e. The molecule has 0 radical (unpaired) electrons. The molecule has 0 fully saturated rings. The maximum Gasteiger partial charge on any atom is 0.306 e. The highest BCUT2D eigenvalue weighted by atomic mass is 16.6. The van der Waals surface area contributed by atoms with Gasteiger partial charge in [0.25, 0.3) is 0 Å². The first kappa shape index (κ1) is 63.4. The molecule has 1 atom stereocenters. The zero-order chi connectivity index (χ0) is 47.5. The van der Waals surface area contributed by atoms with Crippen molar-refractivity contribution in [2.45, 2.75) is 336 Å². The van der Waals surface area contributed by atoms with Gasteiger partial charge >= 0.3 is 17.9 Å². The molecule has 0 aromatic carbocycles. The number of rotatable bonds is 53. The molecular formula is C59H114O6. The van der Waals surface area contributed by atoms with Crippen LogP contribution < -0.4 is 0 Å². The summed E-state index contributed by atoms with van der Waals surface area (Å²) < 4.78 is 16.9. The van der Waals surface area contributed by atoms with Crippen molar-refractivity contribution in [2.75, 3.05) is 13.2 Å². The van der Waals surface area contributed by atoms with Gasteiger partial charge in [-0.3, -0.25) is 14.4 Å². The second kappa shape index (κ2) is 51.8. The molecule has 0 saturated carbocycles. The van der Waals surface area contributed by atoms with E-state index >= 15 is 0 Å². The van der Waals surface area contributed by atoms with E-state index in [2.05, 4.69) is 34.6 Å². The van der Waals surface area contributed by atoms with Gasteiger partial charge < -0.3 is 14.2 Å². The van der Waals surface area contributed by atoms with Crippen molar-refractivity contribution in [3.63, 3.8) is 0 Å². The summed E-state index contributed by atoms with van der Waals surface area (Å²) in [6, 6.07) is 0. The van der Waals surface area contributed by atoms with E-state index in [0.717, 1.165) is 69.6 Å². The highest BCUT2D eigenvalue weighted by molar-refractivity contribution is 5.71. The van der Waals surface area contributed by atoms with Crippen LogP contribution in [0.2, 0.25) is 0 Å². The molecule has 0 aliphatic rings. The summed E-state index contributed by atoms with van der Waals surface area (Å²) in [6.07, 6.45) is 55.2. The second-order valence-corrected chi connectivity index (χ2v) is 21.2. The topological polar surface area (TPSA) is 78.9 Å². The molecule has 386 valence electrons.